The molecule has 0 fully saturated rings. The average Bonchev–Trinajstić information content (AvgIpc) is 0.811. The van der Waals surface area contributed by atoms with Crippen molar-refractivity contribution in [2.45, 2.75) is 0 Å². The van der Waals surface area contributed by atoms with Crippen molar-refractivity contribution in [3.05, 3.63) is 0 Å². The SMILES string of the molecule is Cl.N=C(N)N.[Au]. The van der Waals surface area contributed by atoms with Crippen molar-refractivity contribution >= 4 is 18.4 Å². The Labute approximate surface area is 57.9 Å². The standard InChI is InChI=1S/CH5N3.Au.ClH/c2-1(3)4;;/h(H5,2,3,4);;1H. The van der Waals surface area contributed by atoms with Crippen LogP contribution in [0.1, 0.15) is 0 Å². The van der Waals surface area contributed by atoms with Gasteiger partial charge in [-0.2, -0.15) is 0 Å². The van der Waals surface area contributed by atoms with Gasteiger partial charge in [-0.1, -0.05) is 0 Å². The quantitative estimate of drug-likeness (QED) is 0.312. The molecule has 3 nitrogen and oxygen atoms in total. The van der Waals surface area contributed by atoms with Crippen molar-refractivity contribution in [3.8, 4) is 0 Å². The molecule has 0 aliphatic rings. The molecule has 1 radical (unpaired) electrons. The molecule has 0 spiro atoms. The molecule has 0 unspecified atom stereocenters. The summed E-state index contributed by atoms with van der Waals surface area (Å²) in [7, 11) is 0. The molecule has 0 saturated carbocycles. The van der Waals surface area contributed by atoms with Crippen LogP contribution in [0.25, 0.3) is 0 Å². The average molecular weight is 293 g/mol. The van der Waals surface area contributed by atoms with Crippen LogP contribution in [0.4, 0.5) is 0 Å². The monoisotopic (exact) mass is 292 g/mol. The van der Waals surface area contributed by atoms with Gasteiger partial charge in [0.15, 0.2) is 5.96 Å². The Balaban J connectivity index is -0.0000000450. The Morgan fingerprint density at radius 3 is 1.33 bits per heavy atom. The molecule has 0 rings (SSSR count). The second-order valence-corrected chi connectivity index (χ2v) is 0.455. The van der Waals surface area contributed by atoms with E-state index in [1.807, 2.05) is 0 Å². The smallest absolute Gasteiger partial charge is 0.183 e. The zero-order chi connectivity index (χ0) is 3.58. The molecule has 0 aromatic heterocycles. The minimum absolute atomic E-state index is 0. The summed E-state index contributed by atoms with van der Waals surface area (Å²) < 4.78 is 0. The van der Waals surface area contributed by atoms with Crippen LogP contribution in [0.5, 0.6) is 0 Å². The van der Waals surface area contributed by atoms with E-state index in [9.17, 15) is 0 Å². The molecule has 0 aromatic carbocycles. The number of nitrogens with two attached hydrogens (primary N) is 2. The molecular formula is CH6AuClN3. The zero-order valence-corrected chi connectivity index (χ0v) is 5.85. The molecule has 0 amide bonds. The van der Waals surface area contributed by atoms with Crippen molar-refractivity contribution in [2.24, 2.45) is 11.5 Å². The number of nitrogens with one attached hydrogen (secondary N) is 1. The topological polar surface area (TPSA) is 75.9 Å². The minimum Gasteiger partial charge on any atom is -0.370 e. The first-order chi connectivity index (χ1) is 1.73. The van der Waals surface area contributed by atoms with Gasteiger partial charge in [-0.3, -0.25) is 5.41 Å². The van der Waals surface area contributed by atoms with Gasteiger partial charge in [-0.15, -0.1) is 12.4 Å². The summed E-state index contributed by atoms with van der Waals surface area (Å²) in [6.07, 6.45) is 0. The van der Waals surface area contributed by atoms with Gasteiger partial charge in [-0.05, 0) is 0 Å². The van der Waals surface area contributed by atoms with Crippen LogP contribution in [0.15, 0.2) is 0 Å². The Morgan fingerprint density at radius 1 is 1.33 bits per heavy atom. The fourth-order valence-electron chi connectivity index (χ4n) is 0. The van der Waals surface area contributed by atoms with E-state index in [0.29, 0.717) is 0 Å². The van der Waals surface area contributed by atoms with Gasteiger partial charge >= 0.3 is 0 Å². The van der Waals surface area contributed by atoms with Crippen molar-refractivity contribution in [3.63, 3.8) is 0 Å². The van der Waals surface area contributed by atoms with Gasteiger partial charge in [0, 0.05) is 22.4 Å². The molecule has 5 heteroatoms. The third-order valence-corrected chi connectivity index (χ3v) is 0. The van der Waals surface area contributed by atoms with Gasteiger partial charge < -0.3 is 11.5 Å². The number of rotatable bonds is 0. The van der Waals surface area contributed by atoms with Crippen LogP contribution in [-0.4, -0.2) is 5.96 Å². The van der Waals surface area contributed by atoms with Crippen molar-refractivity contribution in [2.75, 3.05) is 0 Å². The van der Waals surface area contributed by atoms with E-state index in [0.717, 1.165) is 0 Å². The largest absolute Gasteiger partial charge is 0.370 e. The second-order valence-electron chi connectivity index (χ2n) is 0.455. The summed E-state index contributed by atoms with van der Waals surface area (Å²) in [5.41, 5.74) is 8.94. The summed E-state index contributed by atoms with van der Waals surface area (Å²) in [5, 5.41) is 6.06. The Hall–Kier alpha value is 0.300. The molecule has 0 aliphatic heterocycles. The number of hydrogen-bond acceptors (Lipinski definition) is 1. The van der Waals surface area contributed by atoms with Crippen LogP contribution in [0.3, 0.4) is 0 Å². The fourth-order valence-corrected chi connectivity index (χ4v) is 0. The summed E-state index contributed by atoms with van der Waals surface area (Å²) in [6, 6.07) is 0. The van der Waals surface area contributed by atoms with Gasteiger partial charge in [0.2, 0.25) is 0 Å². The second kappa shape index (κ2) is 9.00. The minimum atomic E-state index is -0.333. The van der Waals surface area contributed by atoms with Gasteiger partial charge in [0.05, 0.1) is 0 Å². The molecule has 0 atom stereocenters. The van der Waals surface area contributed by atoms with Crippen LogP contribution in [0, 0.1) is 5.41 Å². The molecule has 43 valence electrons. The van der Waals surface area contributed by atoms with E-state index in [4.69, 9.17) is 5.41 Å². The normalized spacial score (nSPS) is 4.00. The summed E-state index contributed by atoms with van der Waals surface area (Å²) in [6.45, 7) is 0. The van der Waals surface area contributed by atoms with E-state index in [-0.39, 0.29) is 40.7 Å². The Morgan fingerprint density at radius 2 is 1.33 bits per heavy atom. The molecule has 0 aromatic rings. The molecule has 6 heavy (non-hydrogen) atoms. The predicted molar refractivity (Wildman–Crippen MR) is 23.3 cm³/mol. The first-order valence-corrected chi connectivity index (χ1v) is 0.827. The maximum absolute atomic E-state index is 6.06. The maximum atomic E-state index is 6.06. The third-order valence-electron chi connectivity index (χ3n) is 0. The van der Waals surface area contributed by atoms with Crippen molar-refractivity contribution < 1.29 is 22.4 Å². The molecule has 5 N–H and O–H groups in total. The Kier molecular flexibility index (Phi) is 24.4. The van der Waals surface area contributed by atoms with Crippen LogP contribution in [-0.2, 0) is 22.4 Å². The van der Waals surface area contributed by atoms with Gasteiger partial charge in [0.1, 0.15) is 0 Å². The molecular weight excluding hydrogens is 286 g/mol. The first kappa shape index (κ1) is 16.3. The summed E-state index contributed by atoms with van der Waals surface area (Å²) in [5.74, 6) is -0.333. The third kappa shape index (κ3) is 520. The van der Waals surface area contributed by atoms with E-state index in [2.05, 4.69) is 11.5 Å². The fraction of sp³-hybridized carbons (Fsp3) is 0. The van der Waals surface area contributed by atoms with Gasteiger partial charge in [0.25, 0.3) is 0 Å². The number of guanidine groups is 1. The van der Waals surface area contributed by atoms with E-state index in [1.54, 1.807) is 0 Å². The van der Waals surface area contributed by atoms with Crippen molar-refractivity contribution in [1.82, 2.24) is 0 Å². The summed E-state index contributed by atoms with van der Waals surface area (Å²) in [4.78, 5) is 0. The first-order valence-electron chi connectivity index (χ1n) is 0.827. The van der Waals surface area contributed by atoms with Crippen LogP contribution in [0.2, 0.25) is 0 Å². The predicted octanol–water partition coefficient (Wildman–Crippen LogP) is -0.742. The van der Waals surface area contributed by atoms with E-state index >= 15 is 0 Å². The molecule has 0 aliphatic carbocycles. The van der Waals surface area contributed by atoms with E-state index < -0.39 is 0 Å². The van der Waals surface area contributed by atoms with Crippen LogP contribution >= 0.6 is 12.4 Å². The molecule has 0 bridgehead atoms. The zero-order valence-electron chi connectivity index (χ0n) is 2.86. The maximum Gasteiger partial charge on any atom is 0.183 e. The molecule has 0 saturated heterocycles. The molecule has 0 heterocycles. The van der Waals surface area contributed by atoms with Crippen molar-refractivity contribution in [1.29, 1.82) is 5.41 Å². The summed E-state index contributed by atoms with van der Waals surface area (Å²) >= 11 is 0. The number of halogens is 1. The van der Waals surface area contributed by atoms with E-state index in [1.165, 1.54) is 0 Å². The van der Waals surface area contributed by atoms with Crippen LogP contribution < -0.4 is 11.5 Å². The Bertz CT molecular complexity index is 33.8. The number of hydrogen-bond donors (Lipinski definition) is 3. The van der Waals surface area contributed by atoms with Gasteiger partial charge in [-0.25, -0.2) is 0 Å².